The van der Waals surface area contributed by atoms with Crippen LogP contribution in [0.3, 0.4) is 0 Å². The zero-order chi connectivity index (χ0) is 11.8. The smallest absolute Gasteiger partial charge is 0.396 e. The van der Waals surface area contributed by atoms with Crippen molar-refractivity contribution in [3.05, 3.63) is 52.2 Å². The number of aromatic hydroxyl groups is 1. The minimum atomic E-state index is -0.359. The number of hydrogen-bond donors (Lipinski definition) is 1. The van der Waals surface area contributed by atoms with Crippen LogP contribution in [0.25, 0.3) is 21.4 Å². The lowest BCUT2D eigenvalue weighted by molar-refractivity contribution is 0.476. The fourth-order valence-corrected chi connectivity index (χ4v) is 2.52. The number of hydrogen-bond acceptors (Lipinski definition) is 4. The van der Waals surface area contributed by atoms with Crippen molar-refractivity contribution < 1.29 is 9.52 Å². The Labute approximate surface area is 101 Å². The number of fused-ring (bicyclic) bond motifs is 1. The Morgan fingerprint density at radius 2 is 1.88 bits per heavy atom. The van der Waals surface area contributed by atoms with Crippen LogP contribution in [-0.4, -0.2) is 5.11 Å². The normalized spacial score (nSPS) is 10.8. The third-order valence-corrected chi connectivity index (χ3v) is 3.28. The molecule has 17 heavy (non-hydrogen) atoms. The second-order valence-electron chi connectivity index (χ2n) is 3.64. The highest BCUT2D eigenvalue weighted by Crippen LogP contribution is 2.33. The Morgan fingerprint density at radius 1 is 1.12 bits per heavy atom. The summed E-state index contributed by atoms with van der Waals surface area (Å²) in [5, 5.41) is 9.64. The Morgan fingerprint density at radius 3 is 2.65 bits per heavy atom. The van der Waals surface area contributed by atoms with Gasteiger partial charge in [0.2, 0.25) is 0 Å². The summed E-state index contributed by atoms with van der Waals surface area (Å²) in [5.74, 6) is 0.133. The van der Waals surface area contributed by atoms with E-state index in [1.807, 2.05) is 30.3 Å². The molecule has 1 heterocycles. The van der Waals surface area contributed by atoms with Crippen LogP contribution in [0.2, 0.25) is 0 Å². The van der Waals surface area contributed by atoms with E-state index in [-0.39, 0.29) is 10.7 Å². The van der Waals surface area contributed by atoms with Crippen LogP contribution in [0.5, 0.6) is 5.75 Å². The second-order valence-corrected chi connectivity index (χ2v) is 4.62. The standard InChI is InChI=1S/C13H8O3S/c14-9-6-10(8-4-2-1-3-5-8)12-11(7-9)17-13(15)16-12/h1-7,14H. The molecular formula is C13H8O3S. The zero-order valence-electron chi connectivity index (χ0n) is 8.71. The van der Waals surface area contributed by atoms with Crippen LogP contribution in [0.4, 0.5) is 0 Å². The van der Waals surface area contributed by atoms with Crippen molar-refractivity contribution in [2.75, 3.05) is 0 Å². The van der Waals surface area contributed by atoms with Crippen LogP contribution in [-0.2, 0) is 0 Å². The fraction of sp³-hybridized carbons (Fsp3) is 0. The number of rotatable bonds is 1. The first-order chi connectivity index (χ1) is 8.24. The molecule has 0 spiro atoms. The summed E-state index contributed by atoms with van der Waals surface area (Å²) in [6.45, 7) is 0. The first-order valence-corrected chi connectivity index (χ1v) is 5.88. The van der Waals surface area contributed by atoms with Crippen molar-refractivity contribution in [3.8, 4) is 16.9 Å². The average molecular weight is 244 g/mol. The quantitative estimate of drug-likeness (QED) is 0.715. The predicted octanol–water partition coefficient (Wildman–Crippen LogP) is 3.23. The summed E-state index contributed by atoms with van der Waals surface area (Å²) in [4.78, 5) is 10.9. The number of benzene rings is 2. The molecule has 0 aliphatic rings. The van der Waals surface area contributed by atoms with Gasteiger partial charge in [0.25, 0.3) is 0 Å². The van der Waals surface area contributed by atoms with Crippen molar-refractivity contribution >= 4 is 21.6 Å². The maximum absolute atomic E-state index is 11.3. The lowest BCUT2D eigenvalue weighted by Gasteiger charge is -2.02. The predicted molar refractivity (Wildman–Crippen MR) is 67.5 cm³/mol. The molecule has 3 nitrogen and oxygen atoms in total. The minimum Gasteiger partial charge on any atom is -0.508 e. The molecule has 2 aromatic carbocycles. The third-order valence-electron chi connectivity index (χ3n) is 2.50. The summed E-state index contributed by atoms with van der Waals surface area (Å²) in [6.07, 6.45) is 0. The van der Waals surface area contributed by atoms with Gasteiger partial charge in [-0.15, -0.1) is 0 Å². The maximum Gasteiger partial charge on any atom is 0.396 e. The van der Waals surface area contributed by atoms with Crippen LogP contribution in [0, 0.1) is 0 Å². The summed E-state index contributed by atoms with van der Waals surface area (Å²) >= 11 is 0.993. The van der Waals surface area contributed by atoms with Crippen LogP contribution < -0.4 is 4.94 Å². The molecule has 0 unspecified atom stereocenters. The van der Waals surface area contributed by atoms with Gasteiger partial charge in [-0.3, -0.25) is 0 Å². The number of phenols is 1. The molecule has 0 saturated heterocycles. The average Bonchev–Trinajstić information content (AvgIpc) is 2.69. The third kappa shape index (κ3) is 1.72. The van der Waals surface area contributed by atoms with Crippen molar-refractivity contribution in [2.45, 2.75) is 0 Å². The van der Waals surface area contributed by atoms with E-state index in [1.54, 1.807) is 6.07 Å². The van der Waals surface area contributed by atoms with E-state index >= 15 is 0 Å². The topological polar surface area (TPSA) is 50.4 Å². The zero-order valence-corrected chi connectivity index (χ0v) is 9.53. The minimum absolute atomic E-state index is 0.133. The van der Waals surface area contributed by atoms with E-state index < -0.39 is 0 Å². The Balaban J connectivity index is 2.39. The van der Waals surface area contributed by atoms with E-state index in [1.165, 1.54) is 6.07 Å². The van der Waals surface area contributed by atoms with E-state index in [4.69, 9.17) is 4.42 Å². The second kappa shape index (κ2) is 3.75. The summed E-state index contributed by atoms with van der Waals surface area (Å²) < 4.78 is 5.82. The molecule has 0 fully saturated rings. The Hall–Kier alpha value is -2.07. The van der Waals surface area contributed by atoms with Gasteiger partial charge in [0, 0.05) is 11.6 Å². The summed E-state index contributed by atoms with van der Waals surface area (Å²) in [7, 11) is 0. The molecule has 0 atom stereocenters. The molecule has 3 aromatic rings. The monoisotopic (exact) mass is 244 g/mol. The molecular weight excluding hydrogens is 236 g/mol. The molecule has 1 N–H and O–H groups in total. The molecule has 0 aliphatic heterocycles. The molecule has 0 amide bonds. The van der Waals surface area contributed by atoms with Gasteiger partial charge >= 0.3 is 4.94 Å². The SMILES string of the molecule is O=c1oc2c(-c3ccccc3)cc(O)cc2s1. The first kappa shape index (κ1) is 10.1. The van der Waals surface area contributed by atoms with Crippen LogP contribution in [0.1, 0.15) is 0 Å². The van der Waals surface area contributed by atoms with Gasteiger partial charge in [-0.05, 0) is 11.6 Å². The van der Waals surface area contributed by atoms with Crippen molar-refractivity contribution in [1.82, 2.24) is 0 Å². The first-order valence-electron chi connectivity index (χ1n) is 5.06. The van der Waals surface area contributed by atoms with Crippen molar-refractivity contribution in [1.29, 1.82) is 0 Å². The molecule has 3 rings (SSSR count). The molecule has 1 aromatic heterocycles. The highest BCUT2D eigenvalue weighted by molar-refractivity contribution is 7.16. The largest absolute Gasteiger partial charge is 0.508 e. The Bertz CT molecular complexity index is 725. The van der Waals surface area contributed by atoms with Crippen LogP contribution >= 0.6 is 11.3 Å². The van der Waals surface area contributed by atoms with Gasteiger partial charge in [0.15, 0.2) is 5.58 Å². The van der Waals surface area contributed by atoms with Gasteiger partial charge < -0.3 is 9.52 Å². The van der Waals surface area contributed by atoms with Crippen LogP contribution in [0.15, 0.2) is 51.7 Å². The van der Waals surface area contributed by atoms with Crippen molar-refractivity contribution in [2.24, 2.45) is 0 Å². The lowest BCUT2D eigenvalue weighted by Crippen LogP contribution is -1.81. The Kier molecular flexibility index (Phi) is 2.23. The van der Waals surface area contributed by atoms with Gasteiger partial charge in [0.05, 0.1) is 4.70 Å². The molecule has 0 saturated carbocycles. The number of phenolic OH excluding ortho intramolecular Hbond substituents is 1. The van der Waals surface area contributed by atoms with E-state index in [0.717, 1.165) is 22.5 Å². The molecule has 0 aliphatic carbocycles. The van der Waals surface area contributed by atoms with E-state index in [9.17, 15) is 9.90 Å². The van der Waals surface area contributed by atoms with Crippen molar-refractivity contribution in [3.63, 3.8) is 0 Å². The van der Waals surface area contributed by atoms with Gasteiger partial charge in [0.1, 0.15) is 5.75 Å². The highest BCUT2D eigenvalue weighted by Gasteiger charge is 2.11. The van der Waals surface area contributed by atoms with Gasteiger partial charge in [-0.2, -0.15) is 0 Å². The lowest BCUT2D eigenvalue weighted by atomic mass is 10.1. The van der Waals surface area contributed by atoms with E-state index in [0.29, 0.717) is 10.3 Å². The maximum atomic E-state index is 11.3. The fourth-order valence-electron chi connectivity index (χ4n) is 1.79. The van der Waals surface area contributed by atoms with Gasteiger partial charge in [-0.25, -0.2) is 4.79 Å². The van der Waals surface area contributed by atoms with Gasteiger partial charge in [-0.1, -0.05) is 41.7 Å². The molecule has 84 valence electrons. The summed E-state index contributed by atoms with van der Waals surface area (Å²) in [6, 6.07) is 12.7. The molecule has 4 heteroatoms. The van der Waals surface area contributed by atoms with E-state index in [2.05, 4.69) is 0 Å². The molecule has 0 radical (unpaired) electrons. The molecule has 0 bridgehead atoms. The summed E-state index contributed by atoms with van der Waals surface area (Å²) in [5.41, 5.74) is 2.18. The highest BCUT2D eigenvalue weighted by atomic mass is 32.1.